The Balaban J connectivity index is 1.69. The monoisotopic (exact) mass is 419 g/mol. The standard InChI is InChI=1S/C25H29N3O3/c1-6-17-7-9-18(10-8-17)31-19-11-20(24-27-22(13-29-24)15(2)3)26-21(12-19)25-28-23(14-30-25)16(4)5/h6-12,15-16,22-23H,1,13-14H2,2-5H3/t22-,23-/m1/s1. The van der Waals surface area contributed by atoms with Crippen molar-refractivity contribution in [1.29, 1.82) is 0 Å². The van der Waals surface area contributed by atoms with Crippen molar-refractivity contribution >= 4 is 17.9 Å². The zero-order chi connectivity index (χ0) is 22.0. The second kappa shape index (κ2) is 8.92. The van der Waals surface area contributed by atoms with E-state index in [1.807, 2.05) is 36.4 Å². The van der Waals surface area contributed by atoms with Gasteiger partial charge in [0.2, 0.25) is 11.8 Å². The second-order valence-electron chi connectivity index (χ2n) is 8.56. The van der Waals surface area contributed by atoms with Crippen molar-refractivity contribution in [3.05, 3.63) is 59.9 Å². The van der Waals surface area contributed by atoms with Gasteiger partial charge in [-0.15, -0.1) is 0 Å². The number of aliphatic imine (C=N–C) groups is 2. The van der Waals surface area contributed by atoms with Gasteiger partial charge < -0.3 is 14.2 Å². The van der Waals surface area contributed by atoms with E-state index < -0.39 is 0 Å². The van der Waals surface area contributed by atoms with Crippen LogP contribution in [-0.4, -0.2) is 42.1 Å². The van der Waals surface area contributed by atoms with Gasteiger partial charge in [0.25, 0.3) is 0 Å². The first kappa shape index (κ1) is 21.1. The minimum atomic E-state index is 0.127. The summed E-state index contributed by atoms with van der Waals surface area (Å²) in [7, 11) is 0. The number of benzene rings is 1. The van der Waals surface area contributed by atoms with Crippen LogP contribution in [0.4, 0.5) is 0 Å². The van der Waals surface area contributed by atoms with E-state index in [4.69, 9.17) is 29.2 Å². The summed E-state index contributed by atoms with van der Waals surface area (Å²) in [5.74, 6) is 3.21. The summed E-state index contributed by atoms with van der Waals surface area (Å²) < 4.78 is 17.9. The normalized spacial score (nSPS) is 20.3. The molecular weight excluding hydrogens is 390 g/mol. The predicted octanol–water partition coefficient (Wildman–Crippen LogP) is 5.12. The highest BCUT2D eigenvalue weighted by atomic mass is 16.5. The van der Waals surface area contributed by atoms with Gasteiger partial charge in [0.1, 0.15) is 36.1 Å². The van der Waals surface area contributed by atoms with Gasteiger partial charge in [0, 0.05) is 12.1 Å². The Morgan fingerprint density at radius 3 is 1.81 bits per heavy atom. The van der Waals surface area contributed by atoms with Crippen LogP contribution >= 0.6 is 0 Å². The largest absolute Gasteiger partial charge is 0.474 e. The van der Waals surface area contributed by atoms with E-state index in [1.54, 1.807) is 6.08 Å². The van der Waals surface area contributed by atoms with Crippen LogP contribution in [0.2, 0.25) is 0 Å². The number of hydrogen-bond donors (Lipinski definition) is 0. The maximum atomic E-state index is 6.13. The van der Waals surface area contributed by atoms with Crippen LogP contribution in [0.15, 0.2) is 53.0 Å². The lowest BCUT2D eigenvalue weighted by Gasteiger charge is -2.10. The number of hydrogen-bond acceptors (Lipinski definition) is 6. The molecule has 0 fully saturated rings. The molecule has 162 valence electrons. The Bertz CT molecular complexity index is 957. The van der Waals surface area contributed by atoms with E-state index in [0.29, 0.717) is 54.0 Å². The fourth-order valence-corrected chi connectivity index (χ4v) is 3.33. The highest BCUT2D eigenvalue weighted by Crippen LogP contribution is 2.27. The Hall–Kier alpha value is -3.15. The van der Waals surface area contributed by atoms with Gasteiger partial charge in [0.05, 0.1) is 12.1 Å². The first-order valence-electron chi connectivity index (χ1n) is 10.8. The Morgan fingerprint density at radius 2 is 1.39 bits per heavy atom. The smallest absolute Gasteiger partial charge is 0.235 e. The summed E-state index contributed by atoms with van der Waals surface area (Å²) in [6.07, 6.45) is 1.80. The van der Waals surface area contributed by atoms with Crippen LogP contribution in [0, 0.1) is 11.8 Å². The zero-order valence-corrected chi connectivity index (χ0v) is 18.5. The fourth-order valence-electron chi connectivity index (χ4n) is 3.33. The van der Waals surface area contributed by atoms with Crippen LogP contribution in [0.5, 0.6) is 11.5 Å². The van der Waals surface area contributed by atoms with Gasteiger partial charge in [-0.1, -0.05) is 52.5 Å². The molecule has 2 aliphatic heterocycles. The van der Waals surface area contributed by atoms with Crippen LogP contribution in [0.25, 0.3) is 6.08 Å². The van der Waals surface area contributed by atoms with Crippen LogP contribution in [0.3, 0.4) is 0 Å². The summed E-state index contributed by atoms with van der Waals surface area (Å²) in [6.45, 7) is 13.5. The molecule has 0 bridgehead atoms. The SMILES string of the molecule is C=Cc1ccc(Oc2cc(C3=N[C@@H](C(C)C)CO3)nc(C3=N[C@@H](C(C)C)CO3)c2)cc1. The number of rotatable bonds is 7. The molecule has 1 aromatic heterocycles. The first-order chi connectivity index (χ1) is 14.9. The lowest BCUT2D eigenvalue weighted by molar-refractivity contribution is 0.290. The number of nitrogens with zero attached hydrogens (tertiary/aromatic N) is 3. The molecule has 0 N–H and O–H groups in total. The molecule has 0 unspecified atom stereocenters. The summed E-state index contributed by atoms with van der Waals surface area (Å²) >= 11 is 0. The summed E-state index contributed by atoms with van der Waals surface area (Å²) in [4.78, 5) is 14.2. The molecule has 4 rings (SSSR count). The number of aromatic nitrogens is 1. The van der Waals surface area contributed by atoms with Crippen molar-refractivity contribution in [3.63, 3.8) is 0 Å². The van der Waals surface area contributed by atoms with Crippen LogP contribution in [-0.2, 0) is 9.47 Å². The van der Waals surface area contributed by atoms with Crippen molar-refractivity contribution in [2.45, 2.75) is 39.8 Å². The van der Waals surface area contributed by atoms with E-state index in [2.05, 4.69) is 34.3 Å². The molecular formula is C25H29N3O3. The molecule has 0 radical (unpaired) electrons. The predicted molar refractivity (Wildman–Crippen MR) is 123 cm³/mol. The van der Waals surface area contributed by atoms with E-state index in [1.165, 1.54) is 0 Å². The molecule has 1 aromatic carbocycles. The lowest BCUT2D eigenvalue weighted by atomic mass is 10.1. The van der Waals surface area contributed by atoms with Gasteiger partial charge in [-0.25, -0.2) is 15.0 Å². The van der Waals surface area contributed by atoms with Crippen molar-refractivity contribution in [2.24, 2.45) is 21.8 Å². The zero-order valence-electron chi connectivity index (χ0n) is 18.5. The number of pyridine rings is 1. The fraction of sp³-hybridized carbons (Fsp3) is 0.400. The third-order valence-electron chi connectivity index (χ3n) is 5.48. The maximum Gasteiger partial charge on any atom is 0.235 e. The second-order valence-corrected chi connectivity index (χ2v) is 8.56. The molecule has 0 aliphatic carbocycles. The van der Waals surface area contributed by atoms with Gasteiger partial charge in [-0.2, -0.15) is 0 Å². The summed E-state index contributed by atoms with van der Waals surface area (Å²) in [5.41, 5.74) is 2.28. The molecule has 0 amide bonds. The van der Waals surface area contributed by atoms with Crippen molar-refractivity contribution in [2.75, 3.05) is 13.2 Å². The highest BCUT2D eigenvalue weighted by molar-refractivity contribution is 5.98. The summed E-state index contributed by atoms with van der Waals surface area (Å²) in [5, 5.41) is 0. The van der Waals surface area contributed by atoms with E-state index in [-0.39, 0.29) is 12.1 Å². The highest BCUT2D eigenvalue weighted by Gasteiger charge is 2.27. The molecule has 6 heteroatoms. The van der Waals surface area contributed by atoms with Gasteiger partial charge in [0.15, 0.2) is 0 Å². The van der Waals surface area contributed by atoms with E-state index in [9.17, 15) is 0 Å². The molecule has 0 saturated carbocycles. The van der Waals surface area contributed by atoms with Crippen LogP contribution in [0.1, 0.15) is 44.6 Å². The van der Waals surface area contributed by atoms with Crippen molar-refractivity contribution in [3.8, 4) is 11.5 Å². The quantitative estimate of drug-likeness (QED) is 0.625. The third kappa shape index (κ3) is 4.79. The molecule has 31 heavy (non-hydrogen) atoms. The van der Waals surface area contributed by atoms with Gasteiger partial charge in [-0.3, -0.25) is 0 Å². The van der Waals surface area contributed by atoms with Crippen molar-refractivity contribution in [1.82, 2.24) is 4.98 Å². The first-order valence-corrected chi connectivity index (χ1v) is 10.8. The lowest BCUT2D eigenvalue weighted by Crippen LogP contribution is -2.13. The van der Waals surface area contributed by atoms with E-state index >= 15 is 0 Å². The molecule has 0 saturated heterocycles. The number of ether oxygens (including phenoxy) is 3. The van der Waals surface area contributed by atoms with Crippen molar-refractivity contribution < 1.29 is 14.2 Å². The third-order valence-corrected chi connectivity index (χ3v) is 5.48. The average molecular weight is 420 g/mol. The van der Waals surface area contributed by atoms with Gasteiger partial charge in [-0.05, 0) is 29.5 Å². The topological polar surface area (TPSA) is 65.3 Å². The Morgan fingerprint density at radius 1 is 0.871 bits per heavy atom. The molecule has 2 aliphatic rings. The van der Waals surface area contributed by atoms with Crippen LogP contribution < -0.4 is 4.74 Å². The van der Waals surface area contributed by atoms with Gasteiger partial charge >= 0.3 is 0 Å². The Kier molecular flexibility index (Phi) is 6.07. The molecule has 2 atom stereocenters. The minimum absolute atomic E-state index is 0.127. The molecule has 2 aromatic rings. The minimum Gasteiger partial charge on any atom is -0.474 e. The molecule has 3 heterocycles. The average Bonchev–Trinajstić information content (AvgIpc) is 3.44. The molecule has 0 spiro atoms. The molecule has 6 nitrogen and oxygen atoms in total. The Labute approximate surface area is 183 Å². The maximum absolute atomic E-state index is 6.13. The van der Waals surface area contributed by atoms with E-state index in [0.717, 1.165) is 11.3 Å². The summed E-state index contributed by atoms with van der Waals surface area (Å²) in [6, 6.07) is 11.7.